The van der Waals surface area contributed by atoms with Crippen molar-refractivity contribution in [3.05, 3.63) is 21.9 Å². The maximum absolute atomic E-state index is 2.34. The van der Waals surface area contributed by atoms with E-state index in [1.54, 1.807) is 15.1 Å². The van der Waals surface area contributed by atoms with E-state index >= 15 is 0 Å². The van der Waals surface area contributed by atoms with Crippen LogP contribution in [0.4, 0.5) is 0 Å². The number of rotatable bonds is 1. The van der Waals surface area contributed by atoms with Crippen LogP contribution in [0.3, 0.4) is 0 Å². The van der Waals surface area contributed by atoms with E-state index in [1.807, 2.05) is 22.7 Å². The van der Waals surface area contributed by atoms with Crippen LogP contribution in [0.5, 0.6) is 0 Å². The van der Waals surface area contributed by atoms with Crippen molar-refractivity contribution in [3.8, 4) is 0 Å². The molecule has 0 nitrogen and oxygen atoms in total. The van der Waals surface area contributed by atoms with Crippen molar-refractivity contribution in [2.24, 2.45) is 5.41 Å². The van der Waals surface area contributed by atoms with Crippen LogP contribution in [-0.2, 0) is 0 Å². The molecule has 20 heavy (non-hydrogen) atoms. The summed E-state index contributed by atoms with van der Waals surface area (Å²) in [6.07, 6.45) is 13.4. The Bertz CT molecular complexity index is 588. The fraction of sp³-hybridized carbons (Fsp3) is 0.667. The summed E-state index contributed by atoms with van der Waals surface area (Å²) in [4.78, 5) is 1.59. The zero-order valence-electron chi connectivity index (χ0n) is 12.4. The quantitative estimate of drug-likeness (QED) is 0.538. The van der Waals surface area contributed by atoms with Crippen molar-refractivity contribution in [1.29, 1.82) is 0 Å². The number of hydrogen-bond acceptors (Lipinski definition) is 2. The summed E-state index contributed by atoms with van der Waals surface area (Å²) in [6, 6.07) is 2.31. The Balaban J connectivity index is 1.56. The molecule has 0 radical (unpaired) electrons. The van der Waals surface area contributed by atoms with E-state index < -0.39 is 0 Å². The molecule has 2 aromatic rings. The first kappa shape index (κ1) is 13.3. The van der Waals surface area contributed by atoms with E-state index in [4.69, 9.17) is 0 Å². The maximum atomic E-state index is 2.34. The monoisotopic (exact) mass is 304 g/mol. The Morgan fingerprint density at radius 3 is 2.55 bits per heavy atom. The van der Waals surface area contributed by atoms with Gasteiger partial charge in [-0.25, -0.2) is 0 Å². The Hall–Kier alpha value is -0.340. The largest absolute Gasteiger partial charge is 0.143 e. The van der Waals surface area contributed by atoms with Crippen LogP contribution in [0.15, 0.2) is 11.4 Å². The van der Waals surface area contributed by atoms with E-state index in [1.165, 1.54) is 62.5 Å². The minimum atomic E-state index is 0.757. The second-order valence-corrected chi connectivity index (χ2v) is 9.19. The normalized spacial score (nSPS) is 23.6. The Labute approximate surface area is 130 Å². The molecule has 2 aliphatic carbocycles. The molecule has 1 spiro atoms. The third-order valence-electron chi connectivity index (χ3n) is 5.88. The number of aryl methyl sites for hydroxylation is 1. The molecule has 2 heteroatoms. The fourth-order valence-electron chi connectivity index (χ4n) is 4.75. The summed E-state index contributed by atoms with van der Waals surface area (Å²) >= 11 is 3.98. The van der Waals surface area contributed by atoms with Crippen LogP contribution in [0.25, 0.3) is 9.40 Å². The lowest BCUT2D eigenvalue weighted by atomic mass is 9.62. The number of fused-ring (bicyclic) bond motifs is 1. The van der Waals surface area contributed by atoms with Gasteiger partial charge in [0, 0.05) is 14.3 Å². The lowest BCUT2D eigenvalue weighted by Gasteiger charge is -2.43. The van der Waals surface area contributed by atoms with Crippen molar-refractivity contribution in [1.82, 2.24) is 0 Å². The lowest BCUT2D eigenvalue weighted by Crippen LogP contribution is -2.29. The third-order valence-corrected chi connectivity index (χ3v) is 8.05. The first-order valence-corrected chi connectivity index (χ1v) is 9.94. The van der Waals surface area contributed by atoms with Crippen LogP contribution in [0, 0.1) is 12.3 Å². The molecule has 0 amide bonds. The van der Waals surface area contributed by atoms with Crippen LogP contribution < -0.4 is 0 Å². The van der Waals surface area contributed by atoms with Crippen molar-refractivity contribution in [2.75, 3.05) is 0 Å². The topological polar surface area (TPSA) is 0 Å². The van der Waals surface area contributed by atoms with E-state index in [0.29, 0.717) is 0 Å². The summed E-state index contributed by atoms with van der Waals surface area (Å²) in [5.74, 6) is 0.856. The molecule has 0 bridgehead atoms. The highest BCUT2D eigenvalue weighted by molar-refractivity contribution is 7.27. The molecule has 0 saturated heterocycles. The Morgan fingerprint density at radius 2 is 1.80 bits per heavy atom. The highest BCUT2D eigenvalue weighted by Crippen LogP contribution is 2.53. The van der Waals surface area contributed by atoms with Crippen LogP contribution in [-0.4, -0.2) is 0 Å². The van der Waals surface area contributed by atoms with Gasteiger partial charge in [-0.2, -0.15) is 0 Å². The van der Waals surface area contributed by atoms with Crippen molar-refractivity contribution < 1.29 is 0 Å². The van der Waals surface area contributed by atoms with Gasteiger partial charge in [-0.3, -0.25) is 0 Å². The summed E-state index contributed by atoms with van der Waals surface area (Å²) in [6.45, 7) is 2.34. The van der Waals surface area contributed by atoms with Gasteiger partial charge in [0.05, 0.1) is 0 Å². The standard InChI is InChI=1S/C18H24S2/c1-13-16(17-15(20-13)7-12-19-17)14-5-10-18(11-6-14)8-3-2-4-9-18/h7,12,14H,2-6,8-11H2,1H3. The predicted octanol–water partition coefficient (Wildman–Crippen LogP) is 6.88. The molecular formula is C18H24S2. The number of thiophene rings is 2. The molecule has 0 aromatic carbocycles. The van der Waals surface area contributed by atoms with Gasteiger partial charge < -0.3 is 0 Å². The van der Waals surface area contributed by atoms with Crippen LogP contribution in [0.1, 0.15) is 74.1 Å². The first-order chi connectivity index (χ1) is 9.77. The molecule has 2 aromatic heterocycles. The predicted molar refractivity (Wildman–Crippen MR) is 91.2 cm³/mol. The molecule has 2 heterocycles. The Morgan fingerprint density at radius 1 is 1.05 bits per heavy atom. The molecule has 0 N–H and O–H groups in total. The fourth-order valence-corrected chi connectivity index (χ4v) is 7.19. The van der Waals surface area contributed by atoms with Gasteiger partial charge in [-0.05, 0) is 73.8 Å². The highest BCUT2D eigenvalue weighted by atomic mass is 32.1. The zero-order valence-corrected chi connectivity index (χ0v) is 14.0. The maximum Gasteiger partial charge on any atom is 0.0488 e. The van der Waals surface area contributed by atoms with E-state index in [-0.39, 0.29) is 0 Å². The van der Waals surface area contributed by atoms with Crippen LogP contribution in [0.2, 0.25) is 0 Å². The molecule has 0 unspecified atom stereocenters. The van der Waals surface area contributed by atoms with E-state index in [2.05, 4.69) is 18.4 Å². The van der Waals surface area contributed by atoms with Gasteiger partial charge in [-0.1, -0.05) is 19.3 Å². The first-order valence-electron chi connectivity index (χ1n) is 8.24. The minimum Gasteiger partial charge on any atom is -0.143 e. The van der Waals surface area contributed by atoms with Crippen LogP contribution >= 0.6 is 22.7 Å². The summed E-state index contributed by atoms with van der Waals surface area (Å²) in [7, 11) is 0. The number of hydrogen-bond donors (Lipinski definition) is 0. The summed E-state index contributed by atoms with van der Waals surface area (Å²) in [5, 5.41) is 2.27. The second-order valence-electron chi connectivity index (χ2n) is 7.02. The molecule has 0 atom stereocenters. The second kappa shape index (κ2) is 5.14. The molecule has 2 aliphatic rings. The molecule has 0 aliphatic heterocycles. The van der Waals surface area contributed by atoms with Gasteiger partial charge in [-0.15, -0.1) is 22.7 Å². The Kier molecular flexibility index (Phi) is 3.42. The molecule has 2 fully saturated rings. The van der Waals surface area contributed by atoms with Crippen molar-refractivity contribution in [3.63, 3.8) is 0 Å². The average Bonchev–Trinajstić information content (AvgIpc) is 3.01. The van der Waals surface area contributed by atoms with Gasteiger partial charge in [0.2, 0.25) is 0 Å². The molecule has 2 saturated carbocycles. The molecule has 108 valence electrons. The summed E-state index contributed by atoms with van der Waals surface area (Å²) < 4.78 is 3.14. The van der Waals surface area contributed by atoms with E-state index in [0.717, 1.165) is 11.3 Å². The average molecular weight is 305 g/mol. The van der Waals surface area contributed by atoms with Gasteiger partial charge in [0.25, 0.3) is 0 Å². The van der Waals surface area contributed by atoms with Gasteiger partial charge >= 0.3 is 0 Å². The molecular weight excluding hydrogens is 280 g/mol. The lowest BCUT2D eigenvalue weighted by molar-refractivity contribution is 0.114. The highest BCUT2D eigenvalue weighted by Gasteiger charge is 2.37. The SMILES string of the molecule is Cc1sc2ccsc2c1C1CCC2(CCCCC2)CC1. The van der Waals surface area contributed by atoms with Crippen molar-refractivity contribution >= 4 is 32.1 Å². The van der Waals surface area contributed by atoms with Gasteiger partial charge in [0.1, 0.15) is 0 Å². The van der Waals surface area contributed by atoms with Crippen molar-refractivity contribution in [2.45, 2.75) is 70.6 Å². The summed E-state index contributed by atoms with van der Waals surface area (Å²) in [5.41, 5.74) is 2.48. The van der Waals surface area contributed by atoms with Gasteiger partial charge in [0.15, 0.2) is 0 Å². The third kappa shape index (κ3) is 2.16. The smallest absolute Gasteiger partial charge is 0.0488 e. The minimum absolute atomic E-state index is 0.757. The molecule has 4 rings (SSSR count). The van der Waals surface area contributed by atoms with E-state index in [9.17, 15) is 0 Å². The zero-order chi connectivity index (χ0) is 13.6.